The SMILES string of the molecule is O=C(c1ccco1)N1CCN(C(=O)c2cnn3c2N[C@H](c2cccs2)C[C@H]3C(F)(F)F)CC1. The first kappa shape index (κ1) is 21.6. The first-order chi connectivity index (χ1) is 15.8. The maximum absolute atomic E-state index is 13.8. The molecular formula is C21H20F3N5O3S. The lowest BCUT2D eigenvalue weighted by molar-refractivity contribution is -0.173. The third kappa shape index (κ3) is 3.99. The van der Waals surface area contributed by atoms with Crippen LogP contribution < -0.4 is 5.32 Å². The van der Waals surface area contributed by atoms with Crippen LogP contribution in [-0.4, -0.2) is 63.7 Å². The van der Waals surface area contributed by atoms with E-state index in [0.29, 0.717) is 13.1 Å². The van der Waals surface area contributed by atoms with Crippen molar-refractivity contribution in [1.82, 2.24) is 19.6 Å². The van der Waals surface area contributed by atoms with Gasteiger partial charge >= 0.3 is 6.18 Å². The maximum Gasteiger partial charge on any atom is 0.410 e. The van der Waals surface area contributed by atoms with Crippen LogP contribution in [0.5, 0.6) is 0 Å². The summed E-state index contributed by atoms with van der Waals surface area (Å²) in [5, 5.41) is 8.84. The summed E-state index contributed by atoms with van der Waals surface area (Å²) >= 11 is 1.36. The number of amides is 2. The predicted molar refractivity (Wildman–Crippen MR) is 113 cm³/mol. The highest BCUT2D eigenvalue weighted by Gasteiger charge is 2.47. The molecule has 3 aromatic heterocycles. The van der Waals surface area contributed by atoms with Crippen molar-refractivity contribution >= 4 is 29.0 Å². The molecule has 5 heterocycles. The molecule has 5 rings (SSSR count). The van der Waals surface area contributed by atoms with Gasteiger partial charge in [-0.2, -0.15) is 18.3 Å². The van der Waals surface area contributed by atoms with Crippen molar-refractivity contribution < 1.29 is 27.2 Å². The summed E-state index contributed by atoms with van der Waals surface area (Å²) in [4.78, 5) is 29.5. The van der Waals surface area contributed by atoms with Gasteiger partial charge in [0.1, 0.15) is 11.4 Å². The number of nitrogens with zero attached hydrogens (tertiary/aromatic N) is 4. The number of hydrogen-bond donors (Lipinski definition) is 1. The Kier molecular flexibility index (Phi) is 5.39. The van der Waals surface area contributed by atoms with Crippen molar-refractivity contribution in [3.63, 3.8) is 0 Å². The highest BCUT2D eigenvalue weighted by Crippen LogP contribution is 2.45. The summed E-state index contributed by atoms with van der Waals surface area (Å²) in [5.74, 6) is -0.381. The van der Waals surface area contributed by atoms with Crippen LogP contribution in [0.4, 0.5) is 19.0 Å². The Bertz CT molecular complexity index is 1130. The van der Waals surface area contributed by atoms with Crippen LogP contribution in [-0.2, 0) is 0 Å². The number of furan rings is 1. The molecule has 0 bridgehead atoms. The van der Waals surface area contributed by atoms with E-state index < -0.39 is 24.2 Å². The molecule has 33 heavy (non-hydrogen) atoms. The van der Waals surface area contributed by atoms with Gasteiger partial charge in [0.2, 0.25) is 0 Å². The summed E-state index contributed by atoms with van der Waals surface area (Å²) in [7, 11) is 0. The Morgan fingerprint density at radius 2 is 1.82 bits per heavy atom. The van der Waals surface area contributed by atoms with Crippen molar-refractivity contribution in [2.75, 3.05) is 31.5 Å². The third-order valence-corrected chi connectivity index (χ3v) is 6.93. The van der Waals surface area contributed by atoms with E-state index in [-0.39, 0.29) is 42.6 Å². The molecule has 0 aliphatic carbocycles. The number of carbonyl (C=O) groups excluding carboxylic acids is 2. The highest BCUT2D eigenvalue weighted by molar-refractivity contribution is 7.10. The molecule has 8 nitrogen and oxygen atoms in total. The Balaban J connectivity index is 1.35. The molecule has 2 amide bonds. The van der Waals surface area contributed by atoms with Crippen molar-refractivity contribution in [3.05, 3.63) is 58.3 Å². The number of nitrogens with one attached hydrogen (secondary N) is 1. The van der Waals surface area contributed by atoms with E-state index >= 15 is 0 Å². The summed E-state index contributed by atoms with van der Waals surface area (Å²) in [5.41, 5.74) is 0.0938. The minimum absolute atomic E-state index is 0.0704. The summed E-state index contributed by atoms with van der Waals surface area (Å²) in [6.07, 6.45) is -2.10. The van der Waals surface area contributed by atoms with E-state index in [2.05, 4.69) is 10.4 Å². The molecule has 3 aromatic rings. The van der Waals surface area contributed by atoms with Gasteiger partial charge in [0.25, 0.3) is 11.8 Å². The Morgan fingerprint density at radius 3 is 2.42 bits per heavy atom. The van der Waals surface area contributed by atoms with Gasteiger partial charge in [-0.3, -0.25) is 9.59 Å². The Labute approximate surface area is 190 Å². The minimum atomic E-state index is -4.50. The minimum Gasteiger partial charge on any atom is -0.459 e. The van der Waals surface area contributed by atoms with Gasteiger partial charge in [0.15, 0.2) is 11.8 Å². The van der Waals surface area contributed by atoms with E-state index in [0.717, 1.165) is 9.56 Å². The lowest BCUT2D eigenvalue weighted by atomic mass is 10.0. The quantitative estimate of drug-likeness (QED) is 0.618. The number of carbonyl (C=O) groups is 2. The van der Waals surface area contributed by atoms with E-state index in [9.17, 15) is 22.8 Å². The average molecular weight is 479 g/mol. The monoisotopic (exact) mass is 479 g/mol. The van der Waals surface area contributed by atoms with Crippen molar-refractivity contribution in [2.45, 2.75) is 24.7 Å². The molecule has 2 aliphatic heterocycles. The number of anilines is 1. The van der Waals surface area contributed by atoms with Crippen molar-refractivity contribution in [3.8, 4) is 0 Å². The van der Waals surface area contributed by atoms with Gasteiger partial charge in [0, 0.05) is 37.5 Å². The fraction of sp³-hybridized carbons (Fsp3) is 0.381. The van der Waals surface area contributed by atoms with Crippen molar-refractivity contribution in [2.24, 2.45) is 0 Å². The highest BCUT2D eigenvalue weighted by atomic mass is 32.1. The maximum atomic E-state index is 13.8. The molecular weight excluding hydrogens is 459 g/mol. The second kappa shape index (κ2) is 8.25. The summed E-state index contributed by atoms with van der Waals surface area (Å²) < 4.78 is 47.4. The zero-order chi connectivity index (χ0) is 23.2. The van der Waals surface area contributed by atoms with Gasteiger partial charge in [-0.05, 0) is 23.6 Å². The van der Waals surface area contributed by atoms with E-state index in [4.69, 9.17) is 4.42 Å². The summed E-state index contributed by atoms with van der Waals surface area (Å²) in [6, 6.07) is 4.36. The number of hydrogen-bond acceptors (Lipinski definition) is 6. The zero-order valence-corrected chi connectivity index (χ0v) is 18.1. The molecule has 0 aromatic carbocycles. The van der Waals surface area contributed by atoms with E-state index in [1.165, 1.54) is 28.7 Å². The second-order valence-corrected chi connectivity index (χ2v) is 8.90. The van der Waals surface area contributed by atoms with Crippen LogP contribution in [0.15, 0.2) is 46.5 Å². The summed E-state index contributed by atoms with van der Waals surface area (Å²) in [6.45, 7) is 1.11. The van der Waals surface area contributed by atoms with E-state index in [1.807, 2.05) is 0 Å². The molecule has 0 saturated carbocycles. The smallest absolute Gasteiger partial charge is 0.410 e. The fourth-order valence-electron chi connectivity index (χ4n) is 4.23. The number of alkyl halides is 3. The normalized spacial score (nSPS) is 20.9. The first-order valence-corrected chi connectivity index (χ1v) is 11.3. The second-order valence-electron chi connectivity index (χ2n) is 7.92. The average Bonchev–Trinajstić information content (AvgIpc) is 3.58. The fourth-order valence-corrected chi connectivity index (χ4v) is 5.02. The zero-order valence-electron chi connectivity index (χ0n) is 17.3. The van der Waals surface area contributed by atoms with Crippen LogP contribution in [0.2, 0.25) is 0 Å². The van der Waals surface area contributed by atoms with Crippen LogP contribution in [0.1, 0.15) is 44.3 Å². The number of thiophene rings is 1. The van der Waals surface area contributed by atoms with E-state index in [1.54, 1.807) is 34.5 Å². The Hall–Kier alpha value is -3.28. The van der Waals surface area contributed by atoms with Crippen molar-refractivity contribution in [1.29, 1.82) is 0 Å². The molecule has 2 aliphatic rings. The number of rotatable bonds is 3. The topological polar surface area (TPSA) is 83.6 Å². The largest absolute Gasteiger partial charge is 0.459 e. The number of fused-ring (bicyclic) bond motifs is 1. The molecule has 2 atom stereocenters. The first-order valence-electron chi connectivity index (χ1n) is 10.4. The third-order valence-electron chi connectivity index (χ3n) is 5.94. The van der Waals surface area contributed by atoms with Gasteiger partial charge < -0.3 is 19.5 Å². The van der Waals surface area contributed by atoms with Crippen LogP contribution in [0.3, 0.4) is 0 Å². The van der Waals surface area contributed by atoms with Crippen LogP contribution in [0, 0.1) is 0 Å². The lowest BCUT2D eigenvalue weighted by Crippen LogP contribution is -2.50. The van der Waals surface area contributed by atoms with Crippen LogP contribution >= 0.6 is 11.3 Å². The predicted octanol–water partition coefficient (Wildman–Crippen LogP) is 3.80. The standard InChI is InChI=1S/C21H20F3N5O3S/c22-21(23,24)17-11-14(16-4-2-10-33-16)26-18-13(12-25-29(17)18)19(30)27-5-7-28(8-6-27)20(31)15-3-1-9-32-15/h1-4,9-10,12,14,17,26H,5-8,11H2/t14-,17-/m0/s1. The molecule has 174 valence electrons. The molecule has 1 saturated heterocycles. The van der Waals surface area contributed by atoms with Crippen LogP contribution in [0.25, 0.3) is 0 Å². The molecule has 0 spiro atoms. The molecule has 0 unspecified atom stereocenters. The van der Waals surface area contributed by atoms with Gasteiger partial charge in [-0.1, -0.05) is 6.07 Å². The number of piperazine rings is 1. The number of halogens is 3. The molecule has 1 N–H and O–H groups in total. The van der Waals surface area contributed by atoms with Gasteiger partial charge in [-0.15, -0.1) is 11.3 Å². The molecule has 12 heteroatoms. The number of aromatic nitrogens is 2. The molecule has 1 fully saturated rings. The lowest BCUT2D eigenvalue weighted by Gasteiger charge is -2.35. The van der Waals surface area contributed by atoms with Gasteiger partial charge in [-0.25, -0.2) is 4.68 Å². The molecule has 0 radical (unpaired) electrons. The van der Waals surface area contributed by atoms with Gasteiger partial charge in [0.05, 0.1) is 18.5 Å². The Morgan fingerprint density at radius 1 is 1.09 bits per heavy atom.